The Hall–Kier alpha value is -2.65. The van der Waals surface area contributed by atoms with E-state index >= 15 is 0 Å². The van der Waals surface area contributed by atoms with Crippen molar-refractivity contribution in [3.05, 3.63) is 77.1 Å². The van der Waals surface area contributed by atoms with Crippen molar-refractivity contribution < 1.29 is 0 Å². The average molecular weight is 416 g/mol. The Morgan fingerprint density at radius 1 is 0.967 bits per heavy atom. The number of rotatable bonds is 2. The highest BCUT2D eigenvalue weighted by Gasteiger charge is 2.32. The van der Waals surface area contributed by atoms with Gasteiger partial charge in [-0.05, 0) is 48.3 Å². The highest BCUT2D eigenvalue weighted by atomic mass is 35.5. The van der Waals surface area contributed by atoms with Gasteiger partial charge in [-0.1, -0.05) is 74.8 Å². The van der Waals surface area contributed by atoms with E-state index in [1.165, 1.54) is 17.7 Å². The van der Waals surface area contributed by atoms with Gasteiger partial charge in [0, 0.05) is 27.4 Å². The molecule has 0 spiro atoms. The van der Waals surface area contributed by atoms with E-state index in [0.29, 0.717) is 5.92 Å². The van der Waals surface area contributed by atoms with Gasteiger partial charge in [-0.3, -0.25) is 0 Å². The molecular formula is C26H26ClN3. The first kappa shape index (κ1) is 19.3. The molecule has 0 fully saturated rings. The van der Waals surface area contributed by atoms with Crippen molar-refractivity contribution in [3.63, 3.8) is 0 Å². The third kappa shape index (κ3) is 3.31. The maximum Gasteiger partial charge on any atom is 0.163 e. The van der Waals surface area contributed by atoms with Crippen LogP contribution in [0.3, 0.4) is 0 Å². The molecule has 2 heterocycles. The smallest absolute Gasteiger partial charge is 0.163 e. The van der Waals surface area contributed by atoms with Gasteiger partial charge >= 0.3 is 0 Å². The van der Waals surface area contributed by atoms with Gasteiger partial charge in [0.25, 0.3) is 0 Å². The van der Waals surface area contributed by atoms with Crippen molar-refractivity contribution in [2.75, 3.05) is 0 Å². The molecular weight excluding hydrogens is 390 g/mol. The minimum atomic E-state index is 0.267. The SMILES string of the molecule is CC(C)(C)C1CCc2c(c(-c3ccc(Cl)cc3)nc3c(-c4ccccc4)cnn23)C1. The number of fused-ring (bicyclic) bond motifs is 3. The van der Waals surface area contributed by atoms with Gasteiger partial charge in [0.1, 0.15) is 0 Å². The van der Waals surface area contributed by atoms with Crippen molar-refractivity contribution in [3.8, 4) is 22.4 Å². The van der Waals surface area contributed by atoms with Crippen molar-refractivity contribution >= 4 is 17.2 Å². The molecule has 5 rings (SSSR count). The Balaban J connectivity index is 1.76. The van der Waals surface area contributed by atoms with Gasteiger partial charge < -0.3 is 0 Å². The molecule has 1 atom stereocenters. The minimum Gasteiger partial charge on any atom is -0.228 e. The zero-order valence-electron chi connectivity index (χ0n) is 17.7. The topological polar surface area (TPSA) is 30.2 Å². The summed E-state index contributed by atoms with van der Waals surface area (Å²) in [5.74, 6) is 0.624. The molecule has 1 aliphatic rings. The van der Waals surface area contributed by atoms with Crippen LogP contribution in [0.5, 0.6) is 0 Å². The Morgan fingerprint density at radius 3 is 2.40 bits per heavy atom. The number of hydrogen-bond acceptors (Lipinski definition) is 2. The maximum atomic E-state index is 6.17. The fourth-order valence-electron chi connectivity index (χ4n) is 4.62. The molecule has 30 heavy (non-hydrogen) atoms. The first-order chi connectivity index (χ1) is 14.4. The number of benzene rings is 2. The molecule has 4 aromatic rings. The van der Waals surface area contributed by atoms with Crippen LogP contribution < -0.4 is 0 Å². The molecule has 152 valence electrons. The largest absolute Gasteiger partial charge is 0.228 e. The lowest BCUT2D eigenvalue weighted by Crippen LogP contribution is -2.29. The summed E-state index contributed by atoms with van der Waals surface area (Å²) < 4.78 is 2.08. The summed E-state index contributed by atoms with van der Waals surface area (Å²) in [6.07, 6.45) is 5.18. The fourth-order valence-corrected chi connectivity index (χ4v) is 4.75. The van der Waals surface area contributed by atoms with E-state index in [2.05, 4.69) is 61.7 Å². The summed E-state index contributed by atoms with van der Waals surface area (Å²) in [5.41, 5.74) is 8.24. The molecule has 0 N–H and O–H groups in total. The fraction of sp³-hybridized carbons (Fsp3) is 0.308. The number of nitrogens with zero attached hydrogens (tertiary/aromatic N) is 3. The second kappa shape index (κ2) is 7.24. The average Bonchev–Trinajstić information content (AvgIpc) is 3.17. The van der Waals surface area contributed by atoms with E-state index in [9.17, 15) is 0 Å². The lowest BCUT2D eigenvalue weighted by Gasteiger charge is -2.35. The maximum absolute atomic E-state index is 6.17. The van der Waals surface area contributed by atoms with Crippen LogP contribution in [0.2, 0.25) is 5.02 Å². The van der Waals surface area contributed by atoms with Crippen LogP contribution in [-0.4, -0.2) is 14.6 Å². The quantitative estimate of drug-likeness (QED) is 0.357. The monoisotopic (exact) mass is 415 g/mol. The summed E-state index contributed by atoms with van der Waals surface area (Å²) in [6.45, 7) is 7.04. The number of aromatic nitrogens is 3. The third-order valence-corrected chi connectivity index (χ3v) is 6.71. The molecule has 0 amide bonds. The van der Waals surface area contributed by atoms with Crippen LogP contribution in [0, 0.1) is 11.3 Å². The van der Waals surface area contributed by atoms with E-state index in [-0.39, 0.29) is 5.41 Å². The summed E-state index contributed by atoms with van der Waals surface area (Å²) in [7, 11) is 0. The second-order valence-electron chi connectivity index (χ2n) is 9.36. The summed E-state index contributed by atoms with van der Waals surface area (Å²) in [4.78, 5) is 5.20. The number of hydrogen-bond donors (Lipinski definition) is 0. The Labute approximate surface area is 182 Å². The van der Waals surface area contributed by atoms with Crippen molar-refractivity contribution in [2.45, 2.75) is 40.0 Å². The molecule has 1 unspecified atom stereocenters. The van der Waals surface area contributed by atoms with Crippen LogP contribution >= 0.6 is 11.6 Å². The predicted molar refractivity (Wildman–Crippen MR) is 124 cm³/mol. The number of halogens is 1. The van der Waals surface area contributed by atoms with E-state index in [4.69, 9.17) is 21.7 Å². The molecule has 4 heteroatoms. The van der Waals surface area contributed by atoms with Crippen LogP contribution in [0.4, 0.5) is 0 Å². The zero-order valence-corrected chi connectivity index (χ0v) is 18.4. The van der Waals surface area contributed by atoms with Gasteiger partial charge in [-0.25, -0.2) is 9.50 Å². The first-order valence-corrected chi connectivity index (χ1v) is 11.0. The van der Waals surface area contributed by atoms with Gasteiger partial charge in [0.15, 0.2) is 5.65 Å². The van der Waals surface area contributed by atoms with Crippen LogP contribution in [0.25, 0.3) is 28.0 Å². The standard InChI is InChI=1S/C26H26ClN3/c1-26(2,3)19-11-14-23-21(15-19)24(18-9-12-20(27)13-10-18)29-25-22(16-28-30(23)25)17-7-5-4-6-8-17/h4-10,12-13,16,19H,11,14-15H2,1-3H3. The molecule has 0 saturated carbocycles. The highest BCUT2D eigenvalue weighted by molar-refractivity contribution is 6.30. The Kier molecular flexibility index (Phi) is 4.67. The molecule has 2 aromatic heterocycles. The van der Waals surface area contributed by atoms with E-state index < -0.39 is 0 Å². The molecule has 1 aliphatic carbocycles. The van der Waals surface area contributed by atoms with Gasteiger partial charge in [0.05, 0.1) is 11.9 Å². The Bertz CT molecular complexity index is 1200. The van der Waals surface area contributed by atoms with Gasteiger partial charge in [0.2, 0.25) is 0 Å². The van der Waals surface area contributed by atoms with Gasteiger partial charge in [-0.2, -0.15) is 5.10 Å². The highest BCUT2D eigenvalue weighted by Crippen LogP contribution is 2.41. The molecule has 0 saturated heterocycles. The third-order valence-electron chi connectivity index (χ3n) is 6.46. The normalized spacial score (nSPS) is 16.6. The van der Waals surface area contributed by atoms with Crippen LogP contribution in [-0.2, 0) is 12.8 Å². The lowest BCUT2D eigenvalue weighted by molar-refractivity contribution is 0.214. The summed E-state index contributed by atoms with van der Waals surface area (Å²) in [6, 6.07) is 18.5. The van der Waals surface area contributed by atoms with E-state index in [0.717, 1.165) is 45.9 Å². The molecule has 3 nitrogen and oxygen atoms in total. The summed E-state index contributed by atoms with van der Waals surface area (Å²) in [5, 5.41) is 5.52. The van der Waals surface area contributed by atoms with Crippen LogP contribution in [0.15, 0.2) is 60.8 Å². The molecule has 0 aliphatic heterocycles. The van der Waals surface area contributed by atoms with Gasteiger partial charge in [-0.15, -0.1) is 0 Å². The second-order valence-corrected chi connectivity index (χ2v) is 9.79. The Morgan fingerprint density at radius 2 is 1.70 bits per heavy atom. The molecule has 2 aromatic carbocycles. The zero-order chi connectivity index (χ0) is 20.9. The molecule has 0 radical (unpaired) electrons. The van der Waals surface area contributed by atoms with E-state index in [1.807, 2.05) is 24.4 Å². The molecule has 0 bridgehead atoms. The van der Waals surface area contributed by atoms with E-state index in [1.54, 1.807) is 0 Å². The van der Waals surface area contributed by atoms with Crippen molar-refractivity contribution in [1.29, 1.82) is 0 Å². The number of aryl methyl sites for hydroxylation is 1. The lowest BCUT2D eigenvalue weighted by atomic mass is 9.71. The minimum absolute atomic E-state index is 0.267. The summed E-state index contributed by atoms with van der Waals surface area (Å²) >= 11 is 6.17. The predicted octanol–water partition coefficient (Wildman–Crippen LogP) is 6.87. The first-order valence-electron chi connectivity index (χ1n) is 10.6. The van der Waals surface area contributed by atoms with Crippen molar-refractivity contribution in [2.24, 2.45) is 11.3 Å². The van der Waals surface area contributed by atoms with Crippen LogP contribution in [0.1, 0.15) is 38.4 Å². The van der Waals surface area contributed by atoms with Crippen molar-refractivity contribution in [1.82, 2.24) is 14.6 Å².